The number of hydrogen-bond acceptors (Lipinski definition) is 5. The van der Waals surface area contributed by atoms with Crippen LogP contribution >= 0.6 is 0 Å². The molecule has 10 heteroatoms. The largest absolute Gasteiger partial charge is 0.444 e. The second-order valence-corrected chi connectivity index (χ2v) is 8.03. The Kier molecular flexibility index (Phi) is 7.50. The van der Waals surface area contributed by atoms with E-state index < -0.39 is 46.9 Å². The van der Waals surface area contributed by atoms with Crippen molar-refractivity contribution in [1.29, 1.82) is 0 Å². The molecule has 0 spiro atoms. The Labute approximate surface area is 182 Å². The van der Waals surface area contributed by atoms with Crippen molar-refractivity contribution in [2.24, 2.45) is 0 Å². The minimum absolute atomic E-state index is 0.0664. The second-order valence-electron chi connectivity index (χ2n) is 8.03. The first kappa shape index (κ1) is 25.1. The zero-order valence-electron chi connectivity index (χ0n) is 17.9. The van der Waals surface area contributed by atoms with E-state index in [-0.39, 0.29) is 12.3 Å². The molecule has 2 rings (SSSR count). The van der Waals surface area contributed by atoms with Gasteiger partial charge in [-0.15, -0.1) is 0 Å². The number of likely N-dealkylation sites (N-methyl/N-ethyl adjacent to an activating group) is 1. The molecule has 1 unspecified atom stereocenters. The standard InChI is InChI=1S/C22H23F4NO5/c1-21(2,3)32-20(30)27(4)12-18(28)13-5-8-15(9-6-13)31-19(29)16-11-14(22(24,25)26)7-10-17(16)23/h5-11,18,28H,12H2,1-4H3. The zero-order chi connectivity index (χ0) is 24.3. The number of nitrogens with zero attached hydrogens (tertiary/aromatic N) is 1. The van der Waals surface area contributed by atoms with Crippen LogP contribution < -0.4 is 4.74 Å². The first-order chi connectivity index (χ1) is 14.7. The van der Waals surface area contributed by atoms with Gasteiger partial charge in [0, 0.05) is 7.05 Å². The van der Waals surface area contributed by atoms with Crippen molar-refractivity contribution in [1.82, 2.24) is 4.90 Å². The lowest BCUT2D eigenvalue weighted by atomic mass is 10.1. The van der Waals surface area contributed by atoms with Gasteiger partial charge in [0.15, 0.2) is 0 Å². The highest BCUT2D eigenvalue weighted by atomic mass is 19.4. The molecule has 0 radical (unpaired) electrons. The number of alkyl halides is 3. The third-order valence-electron chi connectivity index (χ3n) is 4.14. The number of benzene rings is 2. The van der Waals surface area contributed by atoms with E-state index in [0.29, 0.717) is 23.8 Å². The van der Waals surface area contributed by atoms with Crippen LogP contribution in [0.1, 0.15) is 48.4 Å². The molecular weight excluding hydrogens is 434 g/mol. The Morgan fingerprint density at radius 1 is 1.06 bits per heavy atom. The molecule has 0 aliphatic carbocycles. The third-order valence-corrected chi connectivity index (χ3v) is 4.14. The summed E-state index contributed by atoms with van der Waals surface area (Å²) in [6.07, 6.45) is -6.45. The zero-order valence-corrected chi connectivity index (χ0v) is 17.9. The third kappa shape index (κ3) is 6.94. The Bertz CT molecular complexity index is 968. The van der Waals surface area contributed by atoms with Gasteiger partial charge < -0.3 is 19.5 Å². The van der Waals surface area contributed by atoms with Gasteiger partial charge in [0.05, 0.1) is 23.8 Å². The molecule has 0 aromatic heterocycles. The monoisotopic (exact) mass is 457 g/mol. The highest BCUT2D eigenvalue weighted by molar-refractivity contribution is 5.91. The summed E-state index contributed by atoms with van der Waals surface area (Å²) >= 11 is 0. The lowest BCUT2D eigenvalue weighted by Crippen LogP contribution is -2.36. The predicted octanol–water partition coefficient (Wildman–Crippen LogP) is 4.96. The molecule has 6 nitrogen and oxygen atoms in total. The van der Waals surface area contributed by atoms with Crippen LogP contribution in [0.2, 0.25) is 0 Å². The Morgan fingerprint density at radius 3 is 2.19 bits per heavy atom. The number of carbonyl (C=O) groups is 2. The minimum atomic E-state index is -4.74. The first-order valence-electron chi connectivity index (χ1n) is 9.48. The number of ether oxygens (including phenoxy) is 2. The van der Waals surface area contributed by atoms with Gasteiger partial charge >= 0.3 is 18.2 Å². The summed E-state index contributed by atoms with van der Waals surface area (Å²) < 4.78 is 62.4. The van der Waals surface area contributed by atoms with E-state index in [4.69, 9.17) is 9.47 Å². The van der Waals surface area contributed by atoms with Gasteiger partial charge in [0.2, 0.25) is 0 Å². The van der Waals surface area contributed by atoms with Crippen molar-refractivity contribution in [3.8, 4) is 5.75 Å². The lowest BCUT2D eigenvalue weighted by molar-refractivity contribution is -0.137. The molecule has 0 saturated heterocycles. The molecule has 174 valence electrons. The molecule has 1 N–H and O–H groups in total. The number of amides is 1. The van der Waals surface area contributed by atoms with Gasteiger partial charge in [-0.1, -0.05) is 12.1 Å². The van der Waals surface area contributed by atoms with Crippen molar-refractivity contribution >= 4 is 12.1 Å². The number of rotatable bonds is 5. The fraction of sp³-hybridized carbons (Fsp3) is 0.364. The van der Waals surface area contributed by atoms with Crippen LogP contribution in [0, 0.1) is 5.82 Å². The predicted molar refractivity (Wildman–Crippen MR) is 107 cm³/mol. The summed E-state index contributed by atoms with van der Waals surface area (Å²) in [4.78, 5) is 25.3. The number of hydrogen-bond donors (Lipinski definition) is 1. The van der Waals surface area contributed by atoms with Gasteiger partial charge in [-0.2, -0.15) is 13.2 Å². The Morgan fingerprint density at radius 2 is 1.66 bits per heavy atom. The van der Waals surface area contributed by atoms with E-state index in [2.05, 4.69) is 0 Å². The highest BCUT2D eigenvalue weighted by Gasteiger charge is 2.32. The van der Waals surface area contributed by atoms with E-state index >= 15 is 0 Å². The van der Waals surface area contributed by atoms with Crippen LogP contribution in [0.4, 0.5) is 22.4 Å². The number of halogens is 4. The maximum absolute atomic E-state index is 13.8. The van der Waals surface area contributed by atoms with E-state index in [1.54, 1.807) is 20.8 Å². The number of carbonyl (C=O) groups excluding carboxylic acids is 2. The van der Waals surface area contributed by atoms with E-state index in [0.717, 1.165) is 0 Å². The summed E-state index contributed by atoms with van der Waals surface area (Å²) in [5, 5.41) is 10.3. The maximum atomic E-state index is 13.8. The van der Waals surface area contributed by atoms with Crippen LogP contribution in [0.15, 0.2) is 42.5 Å². The number of esters is 1. The van der Waals surface area contributed by atoms with Crippen molar-refractivity contribution in [3.05, 3.63) is 65.0 Å². The molecule has 0 heterocycles. The quantitative estimate of drug-likeness (QED) is 0.390. The second kappa shape index (κ2) is 9.56. The average molecular weight is 457 g/mol. The van der Waals surface area contributed by atoms with Crippen molar-refractivity contribution in [2.75, 3.05) is 13.6 Å². The average Bonchev–Trinajstić information content (AvgIpc) is 2.66. The van der Waals surface area contributed by atoms with E-state index in [9.17, 15) is 32.3 Å². The molecule has 0 aliphatic heterocycles. The molecule has 2 aromatic rings. The summed E-state index contributed by atoms with van der Waals surface area (Å²) in [7, 11) is 1.46. The van der Waals surface area contributed by atoms with E-state index in [1.807, 2.05) is 0 Å². The summed E-state index contributed by atoms with van der Waals surface area (Å²) in [5.74, 6) is -2.52. The maximum Gasteiger partial charge on any atom is 0.416 e. The van der Waals surface area contributed by atoms with Crippen LogP contribution in [0.25, 0.3) is 0 Å². The molecule has 0 aliphatic rings. The summed E-state index contributed by atoms with van der Waals surface area (Å²) in [6, 6.07) is 6.82. The summed E-state index contributed by atoms with van der Waals surface area (Å²) in [5.41, 5.74) is -2.35. The van der Waals surface area contributed by atoms with Crippen LogP contribution in [0.3, 0.4) is 0 Å². The van der Waals surface area contributed by atoms with E-state index in [1.165, 1.54) is 36.2 Å². The van der Waals surface area contributed by atoms with Gasteiger partial charge in [0.1, 0.15) is 17.2 Å². The number of aliphatic hydroxyl groups excluding tert-OH is 1. The smallest absolute Gasteiger partial charge is 0.416 e. The molecular formula is C22H23F4NO5. The van der Waals surface area contributed by atoms with Crippen LogP contribution in [0.5, 0.6) is 5.75 Å². The molecule has 1 amide bonds. The SMILES string of the molecule is CN(CC(O)c1ccc(OC(=O)c2cc(C(F)(F)F)ccc2F)cc1)C(=O)OC(C)(C)C. The normalized spacial score (nSPS) is 12.8. The van der Waals surface area contributed by atoms with Crippen LogP contribution in [-0.4, -0.2) is 41.3 Å². The lowest BCUT2D eigenvalue weighted by Gasteiger charge is -2.26. The van der Waals surface area contributed by atoms with Gasteiger partial charge in [0.25, 0.3) is 0 Å². The fourth-order valence-corrected chi connectivity index (χ4v) is 2.56. The van der Waals surface area contributed by atoms with Crippen molar-refractivity contribution in [3.63, 3.8) is 0 Å². The molecule has 1 atom stereocenters. The van der Waals surface area contributed by atoms with Crippen molar-refractivity contribution in [2.45, 2.75) is 38.7 Å². The van der Waals surface area contributed by atoms with Crippen LogP contribution in [-0.2, 0) is 10.9 Å². The minimum Gasteiger partial charge on any atom is -0.444 e. The molecule has 0 fully saturated rings. The number of aliphatic hydroxyl groups is 1. The first-order valence-corrected chi connectivity index (χ1v) is 9.48. The molecule has 2 aromatic carbocycles. The van der Waals surface area contributed by atoms with Gasteiger partial charge in [-0.3, -0.25) is 0 Å². The van der Waals surface area contributed by atoms with Gasteiger partial charge in [-0.25, -0.2) is 14.0 Å². The Balaban J connectivity index is 2.05. The highest BCUT2D eigenvalue weighted by Crippen LogP contribution is 2.30. The molecule has 32 heavy (non-hydrogen) atoms. The van der Waals surface area contributed by atoms with Crippen molar-refractivity contribution < 1.29 is 41.7 Å². The molecule has 0 bridgehead atoms. The topological polar surface area (TPSA) is 76.1 Å². The fourth-order valence-electron chi connectivity index (χ4n) is 2.56. The molecule has 0 saturated carbocycles. The van der Waals surface area contributed by atoms with Gasteiger partial charge in [-0.05, 0) is 56.7 Å². The summed E-state index contributed by atoms with van der Waals surface area (Å²) in [6.45, 7) is 5.05. The Hall–Kier alpha value is -3.14.